The smallest absolute Gasteiger partial charge is 0.190 e. The maximum absolute atomic E-state index is 6.40. The summed E-state index contributed by atoms with van der Waals surface area (Å²) in [5.74, 6) is 13.5. The molecule has 6 fully saturated rings. The molecule has 24 rings (SSSR count). The van der Waals surface area contributed by atoms with E-state index >= 15 is 0 Å². The molecule has 0 radical (unpaired) electrons. The molecule has 12 N–H and O–H groups in total. The first kappa shape index (κ1) is 108. The average molecular weight is 2190 g/mol. The van der Waals surface area contributed by atoms with Gasteiger partial charge in [0.25, 0.3) is 0 Å². The molecule has 10 atom stereocenters. The summed E-state index contributed by atoms with van der Waals surface area (Å²) in [4.78, 5) is 87.0. The second-order valence-electron chi connectivity index (χ2n) is 44.4. The Labute approximate surface area is 910 Å². The van der Waals surface area contributed by atoms with Crippen LogP contribution in [0.25, 0.3) is 61.3 Å². The lowest BCUT2D eigenvalue weighted by Crippen LogP contribution is -2.26. The van der Waals surface area contributed by atoms with E-state index in [1.165, 1.54) is 307 Å². The van der Waals surface area contributed by atoms with Gasteiger partial charge in [-0.2, -0.15) is 0 Å². The van der Waals surface area contributed by atoms with E-state index in [0.29, 0.717) is 46.2 Å². The van der Waals surface area contributed by atoms with Crippen LogP contribution in [0.15, 0.2) is 30.9 Å². The summed E-state index contributed by atoms with van der Waals surface area (Å²) in [5.41, 5.74) is 46.8. The van der Waals surface area contributed by atoms with Crippen LogP contribution in [-0.4, -0.2) is 242 Å². The third-order valence-electron chi connectivity index (χ3n) is 33.6. The normalized spacial score (nSPS) is 23.5. The molecule has 6 aliphatic heterocycles. The summed E-state index contributed by atoms with van der Waals surface area (Å²) in [6, 6.07) is 4.38. The first-order valence-corrected chi connectivity index (χ1v) is 65.4. The Balaban J connectivity index is 0.000000110. The van der Waals surface area contributed by atoms with Gasteiger partial charge in [-0.3, -0.25) is 0 Å². The van der Waals surface area contributed by atoms with Crippen molar-refractivity contribution < 1.29 is 0 Å². The van der Waals surface area contributed by atoms with Crippen molar-refractivity contribution >= 4 is 235 Å². The van der Waals surface area contributed by atoms with Crippen molar-refractivity contribution in [2.75, 3.05) is 150 Å². The van der Waals surface area contributed by atoms with E-state index in [0.717, 1.165) is 219 Å². The highest BCUT2D eigenvalue weighted by molar-refractivity contribution is 8.00. The van der Waals surface area contributed by atoms with E-state index in [1.54, 1.807) is 70.6 Å². The summed E-state index contributed by atoms with van der Waals surface area (Å²) < 4.78 is 0. The molecule has 6 saturated heterocycles. The maximum atomic E-state index is 6.40. The number of hydrogen-bond acceptors (Lipinski definition) is 36. The number of nitrogens with two attached hydrogens (primary N) is 6. The monoisotopic (exact) mass is 2190 g/mol. The zero-order valence-electron chi connectivity index (χ0n) is 88.0. The standard InChI is InChI=1S/C21H32N4S2.C19H28N4S2.2C18H26N4S2.C17H24N4S2.C16H22N4S2/c1-21(2,3)13-7-8-15-16(12-13)27-19-17(15)18(22)23-20(24-19)26-11-9-14-6-5-10-25(14)4;1-3-12-6-7-14-15(11-12)25-18-16(14)17(20)21-19(22-18)24-10-8-13-5-4-9-23(13)2;1-11-5-3-7-13-14(11)15-16(19)20-18(21-17(15)24-13)23-10-8-12-6-4-9-22(12)2;1-11-5-6-13-14(10-11)24-17-15(13)16(19)20-18(21-17)23-9-7-12-4-3-8-22(12)2;1-21-9-4-5-11(21)8-10-22-17-19-15(18)14-12-6-2-3-7-13(12)23-16(14)20-17;1-20-8-3-4-10(20)7-9-21-16-18-14(17)13-11-5-2-6-12(11)22-15(13)19-16/h13-14H,5-12H2,1-4H3,(H2,22,23,24);12-13H,3-11H2,1-2H3,(H2,20,21,22);2*11-12H,3-10H2,1-2H3,(H2,19,20,21);11H,2-10H2,1H3,(H2,18,19,20);10H,2-9H2,1H3,(H2,17,18,19). The number of aryl methyl sites for hydroxylation is 8. The molecule has 145 heavy (non-hydrogen) atoms. The molecule has 10 unspecified atom stereocenters. The zero-order valence-corrected chi connectivity index (χ0v) is 97.8. The predicted octanol–water partition coefficient (Wildman–Crippen LogP) is 24.7. The summed E-state index contributed by atoms with van der Waals surface area (Å²) in [6.07, 6.45) is 47.4. The van der Waals surface area contributed by atoms with E-state index in [2.05, 4.69) is 143 Å². The minimum atomic E-state index is 0.361. The Morgan fingerprint density at radius 2 is 0.559 bits per heavy atom. The summed E-state index contributed by atoms with van der Waals surface area (Å²) >= 11 is 21.6. The van der Waals surface area contributed by atoms with Crippen molar-refractivity contribution in [2.45, 2.75) is 359 Å². The number of hydrogen-bond donors (Lipinski definition) is 6. The van der Waals surface area contributed by atoms with Crippen LogP contribution < -0.4 is 34.4 Å². The highest BCUT2D eigenvalue weighted by Crippen LogP contribution is 2.50. The van der Waals surface area contributed by atoms with E-state index in [-0.39, 0.29) is 0 Å². The molecule has 6 aliphatic carbocycles. The van der Waals surface area contributed by atoms with Gasteiger partial charge in [0, 0.05) is 100 Å². The molecular weight excluding hydrogens is 2030 g/mol. The topological polar surface area (TPSA) is 330 Å². The van der Waals surface area contributed by atoms with Crippen molar-refractivity contribution in [3.05, 3.63) is 62.6 Å². The molecule has 0 saturated carbocycles. The number of nitrogen functional groups attached to an aromatic ring is 6. The van der Waals surface area contributed by atoms with Crippen molar-refractivity contribution in [3.63, 3.8) is 0 Å². The zero-order chi connectivity index (χ0) is 101. The molecule has 36 heteroatoms. The van der Waals surface area contributed by atoms with Crippen LogP contribution in [0.3, 0.4) is 0 Å². The number of thiophene rings is 6. The van der Waals surface area contributed by atoms with Gasteiger partial charge in [-0.05, 0) is 382 Å². The lowest BCUT2D eigenvalue weighted by molar-refractivity contribution is 0.218. The van der Waals surface area contributed by atoms with Gasteiger partial charge >= 0.3 is 0 Å². The van der Waals surface area contributed by atoms with Crippen LogP contribution in [-0.2, 0) is 70.6 Å². The molecule has 24 nitrogen and oxygen atoms in total. The van der Waals surface area contributed by atoms with Crippen molar-refractivity contribution in [3.8, 4) is 0 Å². The number of anilines is 6. The molecular formula is C109H158N24S12. The van der Waals surface area contributed by atoms with Gasteiger partial charge in [-0.1, -0.05) is 119 Å². The summed E-state index contributed by atoms with van der Waals surface area (Å²) in [7, 11) is 13.4. The second-order valence-corrected chi connectivity index (χ2v) is 57.3. The van der Waals surface area contributed by atoms with Gasteiger partial charge in [-0.15, -0.1) is 68.0 Å². The number of likely N-dealkylation sites (tertiary alicyclic amines) is 6. The SMILES string of the molecule is CC1CCCc2sc3nc(SCCC4CCCN4C)nc(N)c3c21.CC1CCc2c(sc3nc(SCCC4CCCN4C)nc(N)c23)C1.CCC1CCc2c(sc3nc(SCCC4CCCN4C)nc(N)c23)C1.CN1CCCC1CCSc1nc(N)c2c3c(sc2n1)CC(C(C)(C)C)CC3.CN1CCCC1CCSc1nc(N)c2c3c(sc2n1)CCC3.CN1CCCC1CCSc1nc(N)c2c3c(sc2n1)CCCC3. The lowest BCUT2D eigenvalue weighted by atomic mass is 9.72. The third-order valence-corrected chi connectivity index (χ3v) is 45.9. The number of nitrogens with zero attached hydrogens (tertiary/aromatic N) is 18. The number of aromatic nitrogens is 12. The molecule has 18 heterocycles. The molecule has 0 aromatic carbocycles. The van der Waals surface area contributed by atoms with Gasteiger partial charge in [0.1, 0.15) is 63.9 Å². The van der Waals surface area contributed by atoms with E-state index in [1.807, 2.05) is 68.0 Å². The Bertz CT molecular complexity index is 6440. The van der Waals surface area contributed by atoms with Crippen LogP contribution in [0, 0.1) is 23.2 Å². The van der Waals surface area contributed by atoms with Gasteiger partial charge < -0.3 is 63.8 Å². The van der Waals surface area contributed by atoms with E-state index in [9.17, 15) is 0 Å². The lowest BCUT2D eigenvalue weighted by Gasteiger charge is -2.33. The summed E-state index contributed by atoms with van der Waals surface area (Å²) in [5, 5.41) is 12.0. The highest BCUT2D eigenvalue weighted by Gasteiger charge is 2.36. The average Bonchev–Trinajstić information content (AvgIpc) is 1.61. The van der Waals surface area contributed by atoms with Crippen LogP contribution in [0.5, 0.6) is 0 Å². The second kappa shape index (κ2) is 49.5. The Morgan fingerprint density at radius 1 is 0.283 bits per heavy atom. The third kappa shape index (κ3) is 25.9. The van der Waals surface area contributed by atoms with Crippen molar-refractivity contribution in [1.82, 2.24) is 89.2 Å². The minimum absolute atomic E-state index is 0.361. The first-order chi connectivity index (χ1) is 70.2. The largest absolute Gasteiger partial charge is 0.383 e. The van der Waals surface area contributed by atoms with Gasteiger partial charge in [-0.25, -0.2) is 59.8 Å². The summed E-state index contributed by atoms with van der Waals surface area (Å²) in [6.45, 7) is 21.5. The molecule has 12 aromatic heterocycles. The van der Waals surface area contributed by atoms with Crippen molar-refractivity contribution in [2.24, 2.45) is 23.2 Å². The molecule has 0 amide bonds. The fourth-order valence-corrected chi connectivity index (χ4v) is 38.3. The van der Waals surface area contributed by atoms with Gasteiger partial charge in [0.2, 0.25) is 0 Å². The fourth-order valence-electron chi connectivity index (χ4n) is 24.7. The molecule has 0 bridgehead atoms. The fraction of sp³-hybridized carbons (Fsp3) is 0.670. The molecule has 12 aromatic rings. The number of thioether (sulfide) groups is 6. The van der Waals surface area contributed by atoms with Crippen LogP contribution in [0.2, 0.25) is 0 Å². The van der Waals surface area contributed by atoms with Crippen molar-refractivity contribution in [1.29, 1.82) is 0 Å². The van der Waals surface area contributed by atoms with Crippen LogP contribution in [0.4, 0.5) is 34.9 Å². The van der Waals surface area contributed by atoms with Gasteiger partial charge in [0.05, 0.1) is 32.3 Å². The molecule has 0 spiro atoms. The minimum Gasteiger partial charge on any atom is -0.383 e. The Morgan fingerprint density at radius 3 is 0.897 bits per heavy atom. The first-order valence-electron chi connectivity index (χ1n) is 54.6. The number of rotatable bonds is 25. The van der Waals surface area contributed by atoms with E-state index < -0.39 is 0 Å². The maximum Gasteiger partial charge on any atom is 0.190 e. The number of fused-ring (bicyclic) bond motifs is 18. The molecule has 12 aliphatic rings. The van der Waals surface area contributed by atoms with Crippen LogP contribution >= 0.6 is 139 Å². The highest BCUT2D eigenvalue weighted by atomic mass is 32.2. The molecule has 786 valence electrons. The van der Waals surface area contributed by atoms with Crippen LogP contribution in [0.1, 0.15) is 283 Å². The quantitative estimate of drug-likeness (QED) is 0.0229. The Hall–Kier alpha value is -5.10. The predicted molar refractivity (Wildman–Crippen MR) is 629 cm³/mol. The van der Waals surface area contributed by atoms with Gasteiger partial charge in [0.15, 0.2) is 30.9 Å². The Kier molecular flexibility index (Phi) is 37.0. The van der Waals surface area contributed by atoms with E-state index in [4.69, 9.17) is 64.3 Å².